The number of ether oxygens (including phenoxy) is 1. The summed E-state index contributed by atoms with van der Waals surface area (Å²) < 4.78 is 10.9. The van der Waals surface area contributed by atoms with Crippen molar-refractivity contribution in [2.45, 2.75) is 38.8 Å². The highest BCUT2D eigenvalue weighted by Crippen LogP contribution is 2.30. The Hall–Kier alpha value is -2.05. The number of amides is 2. The monoisotopic (exact) mass is 349 g/mol. The van der Waals surface area contributed by atoms with Crippen LogP contribution in [0.15, 0.2) is 28.8 Å². The number of carbonyl (C=O) groups excluding carboxylic acids is 1. The minimum absolute atomic E-state index is 0.101. The molecule has 0 radical (unpaired) electrons. The number of anilines is 1. The number of aryl methyl sites for hydroxylation is 2. The van der Waals surface area contributed by atoms with Crippen LogP contribution in [0.2, 0.25) is 5.02 Å². The van der Waals surface area contributed by atoms with Gasteiger partial charge in [0.2, 0.25) is 0 Å². The molecule has 2 aromatic rings. The lowest BCUT2D eigenvalue weighted by atomic mass is 10.0. The van der Waals surface area contributed by atoms with Crippen LogP contribution in [0.3, 0.4) is 0 Å². The molecule has 0 unspecified atom stereocenters. The maximum absolute atomic E-state index is 12.3. The van der Waals surface area contributed by atoms with Crippen LogP contribution in [-0.2, 0) is 11.2 Å². The van der Waals surface area contributed by atoms with E-state index in [4.69, 9.17) is 20.9 Å². The topological polar surface area (TPSA) is 76.4 Å². The standard InChI is InChI=1S/C17H20ClN3O3/c1-3-13-15(10(2)24-21-13)20-17(22)19-14-8-9-23-16(14)11-4-6-12(18)7-5-11/h4-7,14,16H,3,8-9H2,1-2H3,(H2,19,20,22)/t14-,16+/m0/s1. The van der Waals surface area contributed by atoms with Crippen LogP contribution in [0.1, 0.15) is 36.5 Å². The predicted molar refractivity (Wildman–Crippen MR) is 91.3 cm³/mol. The number of halogens is 1. The zero-order valence-electron chi connectivity index (χ0n) is 13.6. The molecule has 0 bridgehead atoms. The number of hydrogen-bond donors (Lipinski definition) is 2. The van der Waals surface area contributed by atoms with E-state index in [1.54, 1.807) is 6.92 Å². The van der Waals surface area contributed by atoms with Gasteiger partial charge in [-0.05, 0) is 37.5 Å². The Bertz CT molecular complexity index is 714. The molecule has 2 heterocycles. The Morgan fingerprint density at radius 1 is 1.38 bits per heavy atom. The van der Waals surface area contributed by atoms with Crippen LogP contribution in [0.4, 0.5) is 10.5 Å². The number of hydrogen-bond acceptors (Lipinski definition) is 4. The summed E-state index contributed by atoms with van der Waals surface area (Å²) in [5.41, 5.74) is 2.37. The average Bonchev–Trinajstić information content (AvgIpc) is 3.16. The van der Waals surface area contributed by atoms with Crippen molar-refractivity contribution in [2.75, 3.05) is 11.9 Å². The molecule has 128 valence electrons. The van der Waals surface area contributed by atoms with Gasteiger partial charge >= 0.3 is 6.03 Å². The highest BCUT2D eigenvalue weighted by Gasteiger charge is 2.31. The molecular weight excluding hydrogens is 330 g/mol. The Balaban J connectivity index is 1.67. The van der Waals surface area contributed by atoms with Crippen molar-refractivity contribution < 1.29 is 14.1 Å². The third-order valence-corrected chi connectivity index (χ3v) is 4.37. The second kappa shape index (κ2) is 7.23. The zero-order valence-corrected chi connectivity index (χ0v) is 14.4. The molecule has 1 saturated heterocycles. The Labute approximate surface area is 145 Å². The van der Waals surface area contributed by atoms with Crippen molar-refractivity contribution >= 4 is 23.3 Å². The summed E-state index contributed by atoms with van der Waals surface area (Å²) in [5, 5.41) is 10.4. The fourth-order valence-electron chi connectivity index (χ4n) is 2.86. The SMILES string of the molecule is CCc1noc(C)c1NC(=O)N[C@H]1CCO[C@@H]1c1ccc(Cl)cc1. The van der Waals surface area contributed by atoms with Crippen molar-refractivity contribution in [2.24, 2.45) is 0 Å². The van der Waals surface area contributed by atoms with E-state index < -0.39 is 0 Å². The maximum atomic E-state index is 12.3. The summed E-state index contributed by atoms with van der Waals surface area (Å²) >= 11 is 5.93. The minimum Gasteiger partial charge on any atom is -0.371 e. The molecule has 2 N–H and O–H groups in total. The summed E-state index contributed by atoms with van der Waals surface area (Å²) in [7, 11) is 0. The molecule has 1 fully saturated rings. The van der Waals surface area contributed by atoms with Gasteiger partial charge in [-0.15, -0.1) is 0 Å². The highest BCUT2D eigenvalue weighted by molar-refractivity contribution is 6.30. The van der Waals surface area contributed by atoms with E-state index in [0.717, 1.165) is 17.7 Å². The molecule has 0 saturated carbocycles. The minimum atomic E-state index is -0.287. The van der Waals surface area contributed by atoms with Gasteiger partial charge in [-0.25, -0.2) is 4.79 Å². The first-order valence-corrected chi connectivity index (χ1v) is 8.36. The molecule has 24 heavy (non-hydrogen) atoms. The zero-order chi connectivity index (χ0) is 17.1. The molecule has 6 nitrogen and oxygen atoms in total. The van der Waals surface area contributed by atoms with Gasteiger partial charge in [0.25, 0.3) is 0 Å². The van der Waals surface area contributed by atoms with E-state index in [0.29, 0.717) is 29.5 Å². The van der Waals surface area contributed by atoms with Crippen molar-refractivity contribution in [3.05, 3.63) is 46.3 Å². The largest absolute Gasteiger partial charge is 0.371 e. The summed E-state index contributed by atoms with van der Waals surface area (Å²) in [5.74, 6) is 0.596. The fourth-order valence-corrected chi connectivity index (χ4v) is 2.98. The van der Waals surface area contributed by atoms with Gasteiger partial charge in [0, 0.05) is 11.6 Å². The molecule has 0 spiro atoms. The van der Waals surface area contributed by atoms with Crippen molar-refractivity contribution in [3.8, 4) is 0 Å². The van der Waals surface area contributed by atoms with Crippen molar-refractivity contribution in [1.82, 2.24) is 10.5 Å². The number of benzene rings is 1. The summed E-state index contributed by atoms with van der Waals surface area (Å²) in [6.07, 6.45) is 1.26. The molecular formula is C17H20ClN3O3. The molecule has 1 aromatic heterocycles. The summed E-state index contributed by atoms with van der Waals surface area (Å²) in [6, 6.07) is 7.10. The molecule has 2 atom stereocenters. The Kier molecular flexibility index (Phi) is 5.06. The van der Waals surface area contributed by atoms with Gasteiger partial charge in [0.15, 0.2) is 5.76 Å². The molecule has 2 amide bonds. The number of nitrogens with one attached hydrogen (secondary N) is 2. The third kappa shape index (κ3) is 3.55. The van der Waals surface area contributed by atoms with Crippen LogP contribution in [0, 0.1) is 6.92 Å². The van der Waals surface area contributed by atoms with Crippen molar-refractivity contribution in [1.29, 1.82) is 0 Å². The Morgan fingerprint density at radius 3 is 2.83 bits per heavy atom. The highest BCUT2D eigenvalue weighted by atomic mass is 35.5. The van der Waals surface area contributed by atoms with Crippen LogP contribution < -0.4 is 10.6 Å². The van der Waals surface area contributed by atoms with Crippen LogP contribution in [0.5, 0.6) is 0 Å². The van der Waals surface area contributed by atoms with Gasteiger partial charge in [0.1, 0.15) is 17.5 Å². The number of nitrogens with zero attached hydrogens (tertiary/aromatic N) is 1. The first-order chi connectivity index (χ1) is 11.6. The smallest absolute Gasteiger partial charge is 0.319 e. The van der Waals surface area contributed by atoms with Crippen LogP contribution in [0.25, 0.3) is 0 Å². The number of urea groups is 1. The summed E-state index contributed by atoms with van der Waals surface area (Å²) in [6.45, 7) is 4.34. The fraction of sp³-hybridized carbons (Fsp3) is 0.412. The van der Waals surface area contributed by atoms with Gasteiger partial charge in [-0.2, -0.15) is 0 Å². The molecule has 1 aromatic carbocycles. The quantitative estimate of drug-likeness (QED) is 0.879. The second-order valence-corrected chi connectivity index (χ2v) is 6.19. The van der Waals surface area contributed by atoms with E-state index in [1.807, 2.05) is 31.2 Å². The first-order valence-electron chi connectivity index (χ1n) is 7.98. The van der Waals surface area contributed by atoms with E-state index >= 15 is 0 Å². The molecule has 1 aliphatic heterocycles. The first kappa shape index (κ1) is 16.8. The van der Waals surface area contributed by atoms with Crippen LogP contribution >= 0.6 is 11.6 Å². The van der Waals surface area contributed by atoms with E-state index in [1.165, 1.54) is 0 Å². The maximum Gasteiger partial charge on any atom is 0.319 e. The normalized spacial score (nSPS) is 20.1. The third-order valence-electron chi connectivity index (χ3n) is 4.11. The van der Waals surface area contributed by atoms with Crippen molar-refractivity contribution in [3.63, 3.8) is 0 Å². The molecule has 1 aliphatic rings. The number of rotatable bonds is 4. The molecule has 3 rings (SSSR count). The molecule has 0 aliphatic carbocycles. The predicted octanol–water partition coefficient (Wildman–Crippen LogP) is 3.85. The second-order valence-electron chi connectivity index (χ2n) is 5.75. The lowest BCUT2D eigenvalue weighted by Crippen LogP contribution is -2.39. The number of aromatic nitrogens is 1. The van der Waals surface area contributed by atoms with Gasteiger partial charge in [-0.1, -0.05) is 35.8 Å². The average molecular weight is 350 g/mol. The van der Waals surface area contributed by atoms with Gasteiger partial charge in [-0.3, -0.25) is 0 Å². The number of carbonyl (C=O) groups is 1. The van der Waals surface area contributed by atoms with E-state index in [2.05, 4.69) is 15.8 Å². The van der Waals surface area contributed by atoms with E-state index in [-0.39, 0.29) is 18.2 Å². The van der Waals surface area contributed by atoms with Gasteiger partial charge < -0.3 is 19.9 Å². The molecule has 7 heteroatoms. The van der Waals surface area contributed by atoms with Gasteiger partial charge in [0.05, 0.1) is 6.04 Å². The van der Waals surface area contributed by atoms with Crippen LogP contribution in [-0.4, -0.2) is 23.8 Å². The lowest BCUT2D eigenvalue weighted by Gasteiger charge is -2.20. The Morgan fingerprint density at radius 2 is 2.12 bits per heavy atom. The lowest BCUT2D eigenvalue weighted by molar-refractivity contribution is 0.100. The summed E-state index contributed by atoms with van der Waals surface area (Å²) in [4.78, 5) is 12.3. The van der Waals surface area contributed by atoms with E-state index in [9.17, 15) is 4.79 Å².